The van der Waals surface area contributed by atoms with Crippen molar-refractivity contribution in [1.82, 2.24) is 0 Å². The van der Waals surface area contributed by atoms with E-state index in [0.29, 0.717) is 6.42 Å². The highest BCUT2D eigenvalue weighted by Gasteiger charge is 2.28. The van der Waals surface area contributed by atoms with Gasteiger partial charge in [-0.3, -0.25) is 9.59 Å². The highest BCUT2D eigenvalue weighted by Crippen LogP contribution is 2.25. The maximum atomic E-state index is 11.0. The fourth-order valence-corrected chi connectivity index (χ4v) is 1.63. The topological polar surface area (TPSA) is 63.6 Å². The van der Waals surface area contributed by atoms with Crippen LogP contribution in [0.3, 0.4) is 0 Å². The monoisotopic (exact) mass is 186 g/mol. The van der Waals surface area contributed by atoms with E-state index in [1.54, 1.807) is 0 Å². The lowest BCUT2D eigenvalue weighted by Gasteiger charge is -2.27. The van der Waals surface area contributed by atoms with Crippen molar-refractivity contribution in [3.05, 3.63) is 0 Å². The van der Waals surface area contributed by atoms with Crippen LogP contribution in [0, 0.1) is 5.92 Å². The molecule has 1 N–H and O–H groups in total. The molecule has 0 aliphatic carbocycles. The van der Waals surface area contributed by atoms with Crippen molar-refractivity contribution in [2.75, 3.05) is 0 Å². The van der Waals surface area contributed by atoms with E-state index < -0.39 is 5.97 Å². The molecular formula is C9H14O4. The van der Waals surface area contributed by atoms with Gasteiger partial charge in [-0.15, -0.1) is 0 Å². The molecule has 13 heavy (non-hydrogen) atoms. The number of cyclic esters (lactones) is 1. The first-order valence-electron chi connectivity index (χ1n) is 4.53. The van der Waals surface area contributed by atoms with Crippen molar-refractivity contribution in [2.45, 2.75) is 38.7 Å². The zero-order valence-corrected chi connectivity index (χ0v) is 7.66. The Bertz CT molecular complexity index is 210. The molecule has 0 radical (unpaired) electrons. The second-order valence-electron chi connectivity index (χ2n) is 3.42. The maximum Gasteiger partial charge on any atom is 0.306 e. The van der Waals surface area contributed by atoms with Crippen LogP contribution in [0.15, 0.2) is 0 Å². The third kappa shape index (κ3) is 3.05. The van der Waals surface area contributed by atoms with E-state index in [1.165, 1.54) is 0 Å². The van der Waals surface area contributed by atoms with Gasteiger partial charge in [0.25, 0.3) is 0 Å². The quantitative estimate of drug-likeness (QED) is 0.672. The summed E-state index contributed by atoms with van der Waals surface area (Å²) in [6.45, 7) is 1.93. The first-order chi connectivity index (χ1) is 6.11. The van der Waals surface area contributed by atoms with Gasteiger partial charge in [-0.05, 0) is 18.8 Å². The van der Waals surface area contributed by atoms with Gasteiger partial charge in [0.1, 0.15) is 6.10 Å². The smallest absolute Gasteiger partial charge is 0.306 e. The summed E-state index contributed by atoms with van der Waals surface area (Å²) in [4.78, 5) is 21.4. The molecule has 2 unspecified atom stereocenters. The second-order valence-corrected chi connectivity index (χ2v) is 3.42. The van der Waals surface area contributed by atoms with E-state index in [9.17, 15) is 9.59 Å². The maximum absolute atomic E-state index is 11.0. The van der Waals surface area contributed by atoms with Crippen LogP contribution in [0.25, 0.3) is 0 Å². The number of carbonyl (C=O) groups is 2. The molecule has 0 aromatic rings. The van der Waals surface area contributed by atoms with E-state index in [0.717, 1.165) is 6.42 Å². The van der Waals surface area contributed by atoms with Gasteiger partial charge in [0.15, 0.2) is 0 Å². The molecule has 0 aromatic carbocycles. The van der Waals surface area contributed by atoms with E-state index in [4.69, 9.17) is 9.84 Å². The lowest BCUT2D eigenvalue weighted by Crippen LogP contribution is -2.30. The van der Waals surface area contributed by atoms with Gasteiger partial charge < -0.3 is 9.84 Å². The van der Waals surface area contributed by atoms with Crippen LogP contribution >= 0.6 is 0 Å². The molecule has 0 saturated carbocycles. The lowest BCUT2D eigenvalue weighted by atomic mass is 9.91. The van der Waals surface area contributed by atoms with E-state index in [2.05, 4.69) is 0 Å². The molecule has 1 aliphatic heterocycles. The minimum Gasteiger partial charge on any atom is -0.481 e. The Morgan fingerprint density at radius 1 is 1.69 bits per heavy atom. The van der Waals surface area contributed by atoms with Crippen molar-refractivity contribution in [2.24, 2.45) is 5.92 Å². The standard InChI is InChI=1S/C9H14O4/c1-2-7-3-6(4-8(10)11)5-9(12)13-7/h6-7H,2-5H2,1H3,(H,10,11). The van der Waals surface area contributed by atoms with Crippen LogP contribution in [0.5, 0.6) is 0 Å². The number of carbonyl (C=O) groups excluding carboxylic acids is 1. The third-order valence-corrected chi connectivity index (χ3v) is 2.27. The molecule has 4 nitrogen and oxygen atoms in total. The molecule has 0 amide bonds. The summed E-state index contributed by atoms with van der Waals surface area (Å²) < 4.78 is 5.02. The van der Waals surface area contributed by atoms with Crippen LogP contribution in [0.4, 0.5) is 0 Å². The van der Waals surface area contributed by atoms with Gasteiger partial charge in [0, 0.05) is 12.8 Å². The number of rotatable bonds is 3. The molecule has 0 bridgehead atoms. The molecule has 1 rings (SSSR count). The van der Waals surface area contributed by atoms with Gasteiger partial charge in [0.05, 0.1) is 0 Å². The minimum absolute atomic E-state index is 0.0382. The second kappa shape index (κ2) is 4.25. The molecule has 0 aromatic heterocycles. The van der Waals surface area contributed by atoms with Gasteiger partial charge in [-0.25, -0.2) is 0 Å². The summed E-state index contributed by atoms with van der Waals surface area (Å²) in [6.07, 6.45) is 1.70. The van der Waals surface area contributed by atoms with Crippen molar-refractivity contribution in [3.8, 4) is 0 Å². The van der Waals surface area contributed by atoms with Crippen molar-refractivity contribution >= 4 is 11.9 Å². The molecule has 1 heterocycles. The Labute approximate surface area is 76.9 Å². The van der Waals surface area contributed by atoms with E-state index >= 15 is 0 Å². The normalized spacial score (nSPS) is 28.2. The molecule has 1 saturated heterocycles. The fraction of sp³-hybridized carbons (Fsp3) is 0.778. The highest BCUT2D eigenvalue weighted by atomic mass is 16.5. The van der Waals surface area contributed by atoms with Crippen molar-refractivity contribution in [1.29, 1.82) is 0 Å². The van der Waals surface area contributed by atoms with Crippen LogP contribution < -0.4 is 0 Å². The molecule has 0 spiro atoms. The van der Waals surface area contributed by atoms with E-state index in [-0.39, 0.29) is 30.8 Å². The first kappa shape index (κ1) is 10.0. The Morgan fingerprint density at radius 3 is 2.92 bits per heavy atom. The van der Waals surface area contributed by atoms with Gasteiger partial charge in [-0.2, -0.15) is 0 Å². The average molecular weight is 186 g/mol. The van der Waals surface area contributed by atoms with E-state index in [1.807, 2.05) is 6.92 Å². The number of esters is 1. The summed E-state index contributed by atoms with van der Waals surface area (Å²) in [5.74, 6) is -1.14. The summed E-state index contributed by atoms with van der Waals surface area (Å²) in [7, 11) is 0. The number of carboxylic acids is 1. The molecule has 74 valence electrons. The van der Waals surface area contributed by atoms with Crippen LogP contribution in [0.1, 0.15) is 32.6 Å². The summed E-state index contributed by atoms with van der Waals surface area (Å²) in [5, 5.41) is 8.56. The van der Waals surface area contributed by atoms with Crippen molar-refractivity contribution < 1.29 is 19.4 Å². The predicted octanol–water partition coefficient (Wildman–Crippen LogP) is 1.19. The SMILES string of the molecule is CCC1CC(CC(=O)O)CC(=O)O1. The van der Waals surface area contributed by atoms with Crippen molar-refractivity contribution in [3.63, 3.8) is 0 Å². The highest BCUT2D eigenvalue weighted by molar-refractivity contribution is 5.73. The largest absolute Gasteiger partial charge is 0.481 e. The van der Waals surface area contributed by atoms with Crippen LogP contribution in [-0.4, -0.2) is 23.1 Å². The predicted molar refractivity (Wildman–Crippen MR) is 45.1 cm³/mol. The van der Waals surface area contributed by atoms with Crippen LogP contribution in [-0.2, 0) is 14.3 Å². The number of aliphatic carboxylic acids is 1. The minimum atomic E-state index is -0.838. The lowest BCUT2D eigenvalue weighted by molar-refractivity contribution is -0.158. The summed E-state index contributed by atoms with van der Waals surface area (Å²) in [6, 6.07) is 0. The number of hydrogen-bond donors (Lipinski definition) is 1. The fourth-order valence-electron chi connectivity index (χ4n) is 1.63. The Morgan fingerprint density at radius 2 is 2.38 bits per heavy atom. The van der Waals surface area contributed by atoms with Gasteiger partial charge in [-0.1, -0.05) is 6.92 Å². The zero-order valence-electron chi connectivity index (χ0n) is 7.66. The molecule has 1 fully saturated rings. The van der Waals surface area contributed by atoms with Crippen LogP contribution in [0.2, 0.25) is 0 Å². The summed E-state index contributed by atoms with van der Waals surface area (Å²) >= 11 is 0. The Kier molecular flexibility index (Phi) is 3.28. The van der Waals surface area contributed by atoms with Gasteiger partial charge in [0.2, 0.25) is 0 Å². The van der Waals surface area contributed by atoms with Gasteiger partial charge >= 0.3 is 11.9 Å². The molecule has 2 atom stereocenters. The summed E-state index contributed by atoms with van der Waals surface area (Å²) in [5.41, 5.74) is 0. The Balaban J connectivity index is 2.47. The molecular weight excluding hydrogens is 172 g/mol. The number of ether oxygens (including phenoxy) is 1. The average Bonchev–Trinajstić information content (AvgIpc) is 2.01. The zero-order chi connectivity index (χ0) is 9.84. The number of hydrogen-bond acceptors (Lipinski definition) is 3. The number of carboxylic acid groups (broad SMARTS) is 1. The Hall–Kier alpha value is -1.06. The third-order valence-electron chi connectivity index (χ3n) is 2.27. The molecule has 1 aliphatic rings. The first-order valence-corrected chi connectivity index (χ1v) is 4.53. The molecule has 4 heteroatoms.